The summed E-state index contributed by atoms with van der Waals surface area (Å²) in [6, 6.07) is 0. The number of carbonyl (C=O) groups excluding carboxylic acids is 1. The molecule has 1 aromatic heterocycles. The maximum atomic E-state index is 12.5. The molecule has 1 atom stereocenters. The van der Waals surface area contributed by atoms with E-state index in [-0.39, 0.29) is 0 Å². The molecule has 1 aromatic rings. The lowest BCUT2D eigenvalue weighted by Gasteiger charge is -2.24. The molecule has 1 amide bonds. The van der Waals surface area contributed by atoms with Crippen molar-refractivity contribution in [3.05, 3.63) is 18.2 Å². The maximum Gasteiger partial charge on any atom is 0.223 e. The standard InChI is InChI=1S/C17H25N3O2/c21-17(7-13-1-2-13)20-9-15(12-22-11-14-3-4-14)8-19-6-5-18-16(19)10-20/h5-6,13-15H,1-4,7-12H2/t15-/m1/s1. The van der Waals surface area contributed by atoms with E-state index in [1.165, 1.54) is 25.7 Å². The van der Waals surface area contributed by atoms with E-state index in [4.69, 9.17) is 4.74 Å². The molecular formula is C17H25N3O2. The molecule has 22 heavy (non-hydrogen) atoms. The van der Waals surface area contributed by atoms with Crippen LogP contribution in [-0.4, -0.2) is 40.1 Å². The van der Waals surface area contributed by atoms with Gasteiger partial charge in [0.25, 0.3) is 0 Å². The Kier molecular flexibility index (Phi) is 3.90. The fourth-order valence-corrected chi connectivity index (χ4v) is 3.22. The number of carbonyl (C=O) groups is 1. The van der Waals surface area contributed by atoms with Crippen LogP contribution in [0, 0.1) is 17.8 Å². The van der Waals surface area contributed by atoms with Crippen molar-refractivity contribution in [2.45, 2.75) is 45.2 Å². The Bertz CT molecular complexity index is 534. The van der Waals surface area contributed by atoms with Crippen molar-refractivity contribution in [2.75, 3.05) is 19.8 Å². The third-order valence-corrected chi connectivity index (χ3v) is 4.98. The summed E-state index contributed by atoms with van der Waals surface area (Å²) in [5.41, 5.74) is 0. The third-order valence-electron chi connectivity index (χ3n) is 4.98. The monoisotopic (exact) mass is 303 g/mol. The number of hydrogen-bond donors (Lipinski definition) is 0. The minimum absolute atomic E-state index is 0.297. The zero-order chi connectivity index (χ0) is 14.9. The summed E-state index contributed by atoms with van der Waals surface area (Å²) >= 11 is 0. The number of rotatable bonds is 6. The zero-order valence-electron chi connectivity index (χ0n) is 13.1. The van der Waals surface area contributed by atoms with Crippen LogP contribution in [0.25, 0.3) is 0 Å². The minimum Gasteiger partial charge on any atom is -0.381 e. The number of ether oxygens (including phenoxy) is 1. The summed E-state index contributed by atoms with van der Waals surface area (Å²) < 4.78 is 8.08. The van der Waals surface area contributed by atoms with Crippen molar-refractivity contribution in [1.82, 2.24) is 14.5 Å². The van der Waals surface area contributed by atoms with Crippen LogP contribution < -0.4 is 0 Å². The molecule has 4 rings (SSSR count). The average molecular weight is 303 g/mol. The van der Waals surface area contributed by atoms with E-state index in [0.717, 1.165) is 44.5 Å². The summed E-state index contributed by atoms with van der Waals surface area (Å²) in [6.45, 7) is 4.01. The normalized spacial score (nSPS) is 24.9. The number of fused-ring (bicyclic) bond motifs is 1. The van der Waals surface area contributed by atoms with Crippen molar-refractivity contribution >= 4 is 5.91 Å². The number of imidazole rings is 1. The first-order valence-corrected chi connectivity index (χ1v) is 8.63. The molecule has 5 heteroatoms. The Morgan fingerprint density at radius 2 is 1.91 bits per heavy atom. The SMILES string of the molecule is O=C(CC1CC1)N1Cc2nccn2C[C@@H](COCC2CC2)C1. The van der Waals surface area contributed by atoms with Gasteiger partial charge in [-0.1, -0.05) is 0 Å². The second kappa shape index (κ2) is 6.03. The van der Waals surface area contributed by atoms with Crippen LogP contribution in [0.5, 0.6) is 0 Å². The van der Waals surface area contributed by atoms with Gasteiger partial charge in [-0.15, -0.1) is 0 Å². The zero-order valence-corrected chi connectivity index (χ0v) is 13.1. The second-order valence-electron chi connectivity index (χ2n) is 7.26. The van der Waals surface area contributed by atoms with Gasteiger partial charge in [-0.25, -0.2) is 4.98 Å². The maximum absolute atomic E-state index is 12.5. The molecule has 0 bridgehead atoms. The number of amides is 1. The summed E-state index contributed by atoms with van der Waals surface area (Å²) in [5, 5.41) is 0. The smallest absolute Gasteiger partial charge is 0.223 e. The van der Waals surface area contributed by atoms with Crippen LogP contribution in [0.2, 0.25) is 0 Å². The molecule has 0 spiro atoms. The first-order valence-electron chi connectivity index (χ1n) is 8.63. The Labute approximate surface area is 131 Å². The first kappa shape index (κ1) is 14.2. The molecule has 1 aliphatic heterocycles. The predicted octanol–water partition coefficient (Wildman–Crippen LogP) is 2.07. The van der Waals surface area contributed by atoms with E-state index >= 15 is 0 Å². The van der Waals surface area contributed by atoms with Gasteiger partial charge in [0.05, 0.1) is 13.2 Å². The van der Waals surface area contributed by atoms with Gasteiger partial charge in [0.2, 0.25) is 5.91 Å². The number of hydrogen-bond acceptors (Lipinski definition) is 3. The predicted molar refractivity (Wildman–Crippen MR) is 82.0 cm³/mol. The van der Waals surface area contributed by atoms with Gasteiger partial charge in [0.15, 0.2) is 0 Å². The highest BCUT2D eigenvalue weighted by molar-refractivity contribution is 5.76. The summed E-state index contributed by atoms with van der Waals surface area (Å²) in [5.74, 6) is 3.11. The Balaban J connectivity index is 1.40. The topological polar surface area (TPSA) is 47.4 Å². The first-order chi connectivity index (χ1) is 10.8. The summed E-state index contributed by atoms with van der Waals surface area (Å²) in [6.07, 6.45) is 9.68. The van der Waals surface area contributed by atoms with E-state index in [1.54, 1.807) is 0 Å². The summed E-state index contributed by atoms with van der Waals surface area (Å²) in [4.78, 5) is 19.0. The molecule has 2 saturated carbocycles. The third kappa shape index (κ3) is 3.51. The van der Waals surface area contributed by atoms with Crippen molar-refractivity contribution in [3.8, 4) is 0 Å². The van der Waals surface area contributed by atoms with Crippen LogP contribution in [0.4, 0.5) is 0 Å². The molecule has 3 aliphatic rings. The van der Waals surface area contributed by atoms with Gasteiger partial charge in [-0.05, 0) is 37.5 Å². The van der Waals surface area contributed by atoms with Crippen LogP contribution >= 0.6 is 0 Å². The number of aromatic nitrogens is 2. The van der Waals surface area contributed by atoms with Gasteiger partial charge in [-0.2, -0.15) is 0 Å². The molecule has 120 valence electrons. The van der Waals surface area contributed by atoms with E-state index in [9.17, 15) is 4.79 Å². The molecule has 2 aliphatic carbocycles. The molecular weight excluding hydrogens is 278 g/mol. The van der Waals surface area contributed by atoms with Gasteiger partial charge < -0.3 is 14.2 Å². The molecule has 2 fully saturated rings. The van der Waals surface area contributed by atoms with Crippen molar-refractivity contribution < 1.29 is 9.53 Å². The highest BCUT2D eigenvalue weighted by Gasteiger charge is 2.31. The van der Waals surface area contributed by atoms with Crippen molar-refractivity contribution in [1.29, 1.82) is 0 Å². The lowest BCUT2D eigenvalue weighted by Crippen LogP contribution is -2.35. The van der Waals surface area contributed by atoms with E-state index in [1.807, 2.05) is 17.3 Å². The van der Waals surface area contributed by atoms with Crippen LogP contribution in [0.3, 0.4) is 0 Å². The quantitative estimate of drug-likeness (QED) is 0.808. The van der Waals surface area contributed by atoms with Gasteiger partial charge >= 0.3 is 0 Å². The van der Waals surface area contributed by atoms with Gasteiger partial charge in [0, 0.05) is 44.4 Å². The van der Waals surface area contributed by atoms with Crippen LogP contribution in [-0.2, 0) is 22.6 Å². The van der Waals surface area contributed by atoms with Gasteiger partial charge in [0.1, 0.15) is 5.82 Å². The summed E-state index contributed by atoms with van der Waals surface area (Å²) in [7, 11) is 0. The minimum atomic E-state index is 0.297. The van der Waals surface area contributed by atoms with Gasteiger partial charge in [-0.3, -0.25) is 4.79 Å². The highest BCUT2D eigenvalue weighted by Crippen LogP contribution is 2.33. The van der Waals surface area contributed by atoms with E-state index in [0.29, 0.717) is 24.3 Å². The lowest BCUT2D eigenvalue weighted by atomic mass is 10.1. The molecule has 0 unspecified atom stereocenters. The molecule has 2 heterocycles. The molecule has 0 radical (unpaired) electrons. The van der Waals surface area contributed by atoms with Crippen LogP contribution in [0.15, 0.2) is 12.4 Å². The second-order valence-corrected chi connectivity index (χ2v) is 7.26. The molecule has 0 aromatic carbocycles. The fraction of sp³-hybridized carbons (Fsp3) is 0.765. The largest absolute Gasteiger partial charge is 0.381 e. The van der Waals surface area contributed by atoms with Crippen LogP contribution in [0.1, 0.15) is 37.9 Å². The molecule has 0 N–H and O–H groups in total. The molecule has 0 saturated heterocycles. The van der Waals surface area contributed by atoms with E-state index in [2.05, 4.69) is 9.55 Å². The van der Waals surface area contributed by atoms with E-state index < -0.39 is 0 Å². The Morgan fingerprint density at radius 3 is 2.68 bits per heavy atom. The fourth-order valence-electron chi connectivity index (χ4n) is 3.22. The lowest BCUT2D eigenvalue weighted by molar-refractivity contribution is -0.133. The molecule has 5 nitrogen and oxygen atoms in total. The Hall–Kier alpha value is -1.36. The number of nitrogens with zero attached hydrogens (tertiary/aromatic N) is 3. The van der Waals surface area contributed by atoms with Crippen molar-refractivity contribution in [2.24, 2.45) is 17.8 Å². The Morgan fingerprint density at radius 1 is 1.14 bits per heavy atom. The highest BCUT2D eigenvalue weighted by atomic mass is 16.5. The van der Waals surface area contributed by atoms with Crippen molar-refractivity contribution in [3.63, 3.8) is 0 Å². The average Bonchev–Trinajstić information content (AvgIpc) is 3.40.